The van der Waals surface area contributed by atoms with Gasteiger partial charge in [-0.1, -0.05) is 12.1 Å². The molecule has 0 amide bonds. The van der Waals surface area contributed by atoms with Gasteiger partial charge in [0.15, 0.2) is 0 Å². The largest absolute Gasteiger partial charge is 0.495 e. The quantitative estimate of drug-likeness (QED) is 0.917. The summed E-state index contributed by atoms with van der Waals surface area (Å²) in [6, 6.07) is 9.52. The second kappa shape index (κ2) is 5.96. The van der Waals surface area contributed by atoms with Crippen molar-refractivity contribution in [1.82, 2.24) is 0 Å². The number of anilines is 1. The number of carbonyl (C=O) groups is 1. The van der Waals surface area contributed by atoms with Gasteiger partial charge in [0.2, 0.25) is 0 Å². The van der Waals surface area contributed by atoms with Crippen LogP contribution in [0.15, 0.2) is 30.3 Å². The van der Waals surface area contributed by atoms with Crippen molar-refractivity contribution in [2.75, 3.05) is 19.1 Å². The van der Waals surface area contributed by atoms with Crippen LogP contribution >= 0.6 is 11.3 Å². The third-order valence-electron chi connectivity index (χ3n) is 3.14. The van der Waals surface area contributed by atoms with E-state index in [1.165, 1.54) is 11.3 Å². The van der Waals surface area contributed by atoms with E-state index in [9.17, 15) is 4.79 Å². The molecule has 0 saturated heterocycles. The molecule has 0 spiro atoms. The summed E-state index contributed by atoms with van der Waals surface area (Å²) in [7, 11) is 3.61. The first-order valence-corrected chi connectivity index (χ1v) is 7.01. The molecule has 0 saturated carbocycles. The second-order valence-electron chi connectivity index (χ2n) is 4.53. The van der Waals surface area contributed by atoms with Crippen LogP contribution in [0.1, 0.15) is 20.1 Å². The molecule has 4 nitrogen and oxygen atoms in total. The molecule has 1 heterocycles. The monoisotopic (exact) mass is 291 g/mol. The first-order valence-electron chi connectivity index (χ1n) is 6.19. The molecule has 0 unspecified atom stereocenters. The van der Waals surface area contributed by atoms with Gasteiger partial charge in [0.25, 0.3) is 0 Å². The molecule has 0 fully saturated rings. The van der Waals surface area contributed by atoms with Gasteiger partial charge in [0.1, 0.15) is 10.6 Å². The van der Waals surface area contributed by atoms with E-state index in [0.29, 0.717) is 11.4 Å². The maximum Gasteiger partial charge on any atom is 0.345 e. The van der Waals surface area contributed by atoms with Crippen molar-refractivity contribution in [3.63, 3.8) is 0 Å². The number of para-hydroxylation sites is 2. The number of hydrogen-bond acceptors (Lipinski definition) is 4. The molecule has 2 rings (SSSR count). The van der Waals surface area contributed by atoms with Crippen LogP contribution in [0.25, 0.3) is 0 Å². The molecule has 1 aromatic heterocycles. The zero-order valence-electron chi connectivity index (χ0n) is 11.7. The van der Waals surface area contributed by atoms with Crippen molar-refractivity contribution in [3.8, 4) is 5.75 Å². The summed E-state index contributed by atoms with van der Waals surface area (Å²) in [5.74, 6) is -0.0642. The van der Waals surface area contributed by atoms with Gasteiger partial charge in [-0.3, -0.25) is 0 Å². The summed E-state index contributed by atoms with van der Waals surface area (Å²) < 4.78 is 5.34. The summed E-state index contributed by atoms with van der Waals surface area (Å²) in [6.07, 6.45) is 0. The summed E-state index contributed by atoms with van der Waals surface area (Å²) in [5.41, 5.74) is 2.01. The molecule has 2 aromatic rings. The number of benzene rings is 1. The van der Waals surface area contributed by atoms with Gasteiger partial charge in [0.05, 0.1) is 12.8 Å². The summed E-state index contributed by atoms with van der Waals surface area (Å²) in [6.45, 7) is 2.60. The van der Waals surface area contributed by atoms with Crippen molar-refractivity contribution in [1.29, 1.82) is 0 Å². The summed E-state index contributed by atoms with van der Waals surface area (Å²) >= 11 is 1.31. The van der Waals surface area contributed by atoms with Crippen molar-refractivity contribution in [2.24, 2.45) is 0 Å². The minimum atomic E-state index is -0.871. The Labute approximate surface area is 122 Å². The number of aromatic carboxylic acids is 1. The van der Waals surface area contributed by atoms with Crippen LogP contribution in [0.4, 0.5) is 5.69 Å². The molecular formula is C15H17NO3S. The first kappa shape index (κ1) is 14.4. The maximum atomic E-state index is 11.0. The number of rotatable bonds is 5. The van der Waals surface area contributed by atoms with Gasteiger partial charge in [-0.2, -0.15) is 0 Å². The normalized spacial score (nSPS) is 10.3. The van der Waals surface area contributed by atoms with Gasteiger partial charge in [-0.25, -0.2) is 4.79 Å². The number of aryl methyl sites for hydroxylation is 1. The highest BCUT2D eigenvalue weighted by atomic mass is 32.1. The molecule has 0 bridgehead atoms. The van der Waals surface area contributed by atoms with E-state index >= 15 is 0 Å². The van der Waals surface area contributed by atoms with Gasteiger partial charge < -0.3 is 14.7 Å². The number of nitrogens with zero attached hydrogens (tertiary/aromatic N) is 1. The molecule has 20 heavy (non-hydrogen) atoms. The molecule has 0 aliphatic rings. The number of thiophene rings is 1. The lowest BCUT2D eigenvalue weighted by molar-refractivity contribution is 0.0702. The lowest BCUT2D eigenvalue weighted by Gasteiger charge is -2.21. The zero-order chi connectivity index (χ0) is 14.7. The maximum absolute atomic E-state index is 11.0. The van der Waals surface area contributed by atoms with Crippen LogP contribution in [-0.4, -0.2) is 25.2 Å². The Balaban J connectivity index is 2.23. The summed E-state index contributed by atoms with van der Waals surface area (Å²) in [5, 5.41) is 9.03. The number of hydrogen-bond donors (Lipinski definition) is 1. The predicted octanol–water partition coefficient (Wildman–Crippen LogP) is 3.40. The fourth-order valence-corrected chi connectivity index (χ4v) is 2.94. The van der Waals surface area contributed by atoms with E-state index in [0.717, 1.165) is 21.9 Å². The van der Waals surface area contributed by atoms with Crippen molar-refractivity contribution >= 4 is 23.0 Å². The molecule has 106 valence electrons. The van der Waals surface area contributed by atoms with Crippen LogP contribution in [0.5, 0.6) is 5.75 Å². The lowest BCUT2D eigenvalue weighted by atomic mass is 10.2. The number of carboxylic acid groups (broad SMARTS) is 1. The standard InChI is InChI=1S/C15H17NO3S/c1-10-11(8-14(20-10)15(17)18)9-16(2)12-6-4-5-7-13(12)19-3/h4-8H,9H2,1-3H3,(H,17,18). The highest BCUT2D eigenvalue weighted by molar-refractivity contribution is 7.14. The predicted molar refractivity (Wildman–Crippen MR) is 81.1 cm³/mol. The van der Waals surface area contributed by atoms with E-state index in [2.05, 4.69) is 4.90 Å². The third kappa shape index (κ3) is 2.93. The van der Waals surface area contributed by atoms with Crippen molar-refractivity contribution in [3.05, 3.63) is 45.6 Å². The first-order chi connectivity index (χ1) is 9.52. The minimum Gasteiger partial charge on any atom is -0.495 e. The average Bonchev–Trinajstić information content (AvgIpc) is 2.80. The minimum absolute atomic E-state index is 0.380. The molecule has 0 aliphatic heterocycles. The fourth-order valence-electron chi connectivity index (χ4n) is 2.07. The Morgan fingerprint density at radius 2 is 2.10 bits per heavy atom. The van der Waals surface area contributed by atoms with E-state index in [-0.39, 0.29) is 0 Å². The van der Waals surface area contributed by atoms with Crippen LogP contribution in [0.3, 0.4) is 0 Å². The third-order valence-corrected chi connectivity index (χ3v) is 4.22. The molecule has 0 radical (unpaired) electrons. The molecular weight excluding hydrogens is 274 g/mol. The van der Waals surface area contributed by atoms with Crippen molar-refractivity contribution in [2.45, 2.75) is 13.5 Å². The van der Waals surface area contributed by atoms with Gasteiger partial charge in [0, 0.05) is 18.5 Å². The Hall–Kier alpha value is -2.01. The Kier molecular flexibility index (Phi) is 4.29. The molecule has 5 heteroatoms. The second-order valence-corrected chi connectivity index (χ2v) is 5.78. The smallest absolute Gasteiger partial charge is 0.345 e. The molecule has 0 atom stereocenters. The van der Waals surface area contributed by atoms with Gasteiger partial charge in [-0.05, 0) is 30.7 Å². The lowest BCUT2D eigenvalue weighted by Crippen LogP contribution is -2.17. The summed E-state index contributed by atoms with van der Waals surface area (Å²) in [4.78, 5) is 14.5. The van der Waals surface area contributed by atoms with Crippen LogP contribution in [0.2, 0.25) is 0 Å². The topological polar surface area (TPSA) is 49.8 Å². The Morgan fingerprint density at radius 3 is 2.70 bits per heavy atom. The molecule has 1 aromatic carbocycles. The van der Waals surface area contributed by atoms with Gasteiger partial charge >= 0.3 is 5.97 Å². The molecule has 1 N–H and O–H groups in total. The van der Waals surface area contributed by atoms with E-state index < -0.39 is 5.97 Å². The highest BCUT2D eigenvalue weighted by Crippen LogP contribution is 2.29. The number of ether oxygens (including phenoxy) is 1. The van der Waals surface area contributed by atoms with Crippen LogP contribution < -0.4 is 9.64 Å². The Morgan fingerprint density at radius 1 is 1.40 bits per heavy atom. The fraction of sp³-hybridized carbons (Fsp3) is 0.267. The zero-order valence-corrected chi connectivity index (χ0v) is 12.5. The van der Waals surface area contributed by atoms with E-state index in [4.69, 9.17) is 9.84 Å². The van der Waals surface area contributed by atoms with Crippen LogP contribution in [-0.2, 0) is 6.54 Å². The van der Waals surface area contributed by atoms with Gasteiger partial charge in [-0.15, -0.1) is 11.3 Å². The number of methoxy groups -OCH3 is 1. The van der Waals surface area contributed by atoms with Crippen molar-refractivity contribution < 1.29 is 14.6 Å². The van der Waals surface area contributed by atoms with E-state index in [1.807, 2.05) is 38.2 Å². The Bertz CT molecular complexity index is 621. The molecule has 0 aliphatic carbocycles. The highest BCUT2D eigenvalue weighted by Gasteiger charge is 2.14. The van der Waals surface area contributed by atoms with Crippen LogP contribution in [0, 0.1) is 6.92 Å². The SMILES string of the molecule is COc1ccccc1N(C)Cc1cc(C(=O)O)sc1C. The number of carboxylic acids is 1. The van der Waals surface area contributed by atoms with E-state index in [1.54, 1.807) is 13.2 Å². The average molecular weight is 291 g/mol.